The summed E-state index contributed by atoms with van der Waals surface area (Å²) in [5.74, 6) is -0.445. The zero-order valence-electron chi connectivity index (χ0n) is 11.8. The lowest BCUT2D eigenvalue weighted by Crippen LogP contribution is -2.36. The summed E-state index contributed by atoms with van der Waals surface area (Å²) in [6.07, 6.45) is 0. The highest BCUT2D eigenvalue weighted by molar-refractivity contribution is 5.95. The van der Waals surface area contributed by atoms with Gasteiger partial charge >= 0.3 is 0 Å². The Labute approximate surface area is 113 Å². The van der Waals surface area contributed by atoms with Gasteiger partial charge in [0, 0.05) is 19.8 Å². The molecule has 0 saturated carbocycles. The van der Waals surface area contributed by atoms with E-state index in [1.54, 1.807) is 7.05 Å². The molecule has 1 rings (SSSR count). The second-order valence-corrected chi connectivity index (χ2v) is 4.48. The molecule has 0 fully saturated rings. The van der Waals surface area contributed by atoms with Crippen LogP contribution < -0.4 is 5.32 Å². The van der Waals surface area contributed by atoms with Crippen molar-refractivity contribution in [3.05, 3.63) is 29.3 Å². The number of nitrogens with zero attached hydrogens (tertiary/aromatic N) is 1. The molecule has 0 aliphatic carbocycles. The van der Waals surface area contributed by atoms with Gasteiger partial charge in [-0.1, -0.05) is 12.1 Å². The first-order valence-corrected chi connectivity index (χ1v) is 6.04. The molecular weight excluding hydrogens is 244 g/mol. The number of likely N-dealkylation sites (N-methyl/N-ethyl adjacent to an activating group) is 1. The molecule has 0 spiro atoms. The number of benzene rings is 1. The number of hydrogen-bond donors (Lipinski definition) is 1. The van der Waals surface area contributed by atoms with Gasteiger partial charge in [-0.15, -0.1) is 0 Å². The highest BCUT2D eigenvalue weighted by Gasteiger charge is 2.13. The number of methoxy groups -OCH3 is 1. The van der Waals surface area contributed by atoms with Crippen LogP contribution in [-0.2, 0) is 14.3 Å². The van der Waals surface area contributed by atoms with Crippen LogP contribution in [0.4, 0.5) is 5.69 Å². The lowest BCUT2D eigenvalue weighted by molar-refractivity contribution is -0.136. The van der Waals surface area contributed by atoms with Crippen LogP contribution in [0.2, 0.25) is 0 Å². The third-order valence-corrected chi connectivity index (χ3v) is 2.95. The lowest BCUT2D eigenvalue weighted by Gasteiger charge is -2.17. The number of aryl methyl sites for hydroxylation is 1. The topological polar surface area (TPSA) is 58.6 Å². The molecular formula is C14H20N2O3. The second kappa shape index (κ2) is 6.89. The predicted octanol–water partition coefficient (Wildman–Crippen LogP) is 1.35. The average molecular weight is 264 g/mol. The average Bonchev–Trinajstić information content (AvgIpc) is 2.35. The standard InChI is InChI=1S/C14H20N2O3/c1-10-6-5-7-12(11(10)2)15-13(17)8-16(3)14(18)9-19-4/h5-7H,8-9H2,1-4H3,(H,15,17). The minimum Gasteiger partial charge on any atom is -0.375 e. The SMILES string of the molecule is COCC(=O)N(C)CC(=O)Nc1cccc(C)c1C. The van der Waals surface area contributed by atoms with E-state index in [9.17, 15) is 9.59 Å². The molecule has 0 heterocycles. The maximum atomic E-state index is 11.8. The van der Waals surface area contributed by atoms with E-state index in [0.717, 1.165) is 16.8 Å². The summed E-state index contributed by atoms with van der Waals surface area (Å²) in [5.41, 5.74) is 2.92. The van der Waals surface area contributed by atoms with Gasteiger partial charge in [-0.25, -0.2) is 0 Å². The first-order chi connectivity index (χ1) is 8.95. The number of hydrogen-bond acceptors (Lipinski definition) is 3. The molecule has 104 valence electrons. The molecule has 2 amide bonds. The normalized spacial score (nSPS) is 10.1. The van der Waals surface area contributed by atoms with Gasteiger partial charge < -0.3 is 15.0 Å². The molecule has 0 unspecified atom stereocenters. The smallest absolute Gasteiger partial charge is 0.248 e. The van der Waals surface area contributed by atoms with Crippen molar-refractivity contribution < 1.29 is 14.3 Å². The largest absolute Gasteiger partial charge is 0.375 e. The molecule has 5 heteroatoms. The fraction of sp³-hybridized carbons (Fsp3) is 0.429. The van der Waals surface area contributed by atoms with Crippen molar-refractivity contribution in [2.75, 3.05) is 32.6 Å². The fourth-order valence-corrected chi connectivity index (χ4v) is 1.61. The molecule has 0 aliphatic heterocycles. The van der Waals surface area contributed by atoms with E-state index in [1.807, 2.05) is 32.0 Å². The number of carbonyl (C=O) groups excluding carboxylic acids is 2. The Morgan fingerprint density at radius 1 is 1.32 bits per heavy atom. The summed E-state index contributed by atoms with van der Waals surface area (Å²) >= 11 is 0. The van der Waals surface area contributed by atoms with Gasteiger partial charge in [0.15, 0.2) is 0 Å². The molecule has 0 atom stereocenters. The van der Waals surface area contributed by atoms with Crippen molar-refractivity contribution >= 4 is 17.5 Å². The van der Waals surface area contributed by atoms with E-state index in [1.165, 1.54) is 12.0 Å². The van der Waals surface area contributed by atoms with Gasteiger partial charge in [-0.05, 0) is 31.0 Å². The van der Waals surface area contributed by atoms with Gasteiger partial charge in [0.2, 0.25) is 11.8 Å². The van der Waals surface area contributed by atoms with Gasteiger partial charge in [0.1, 0.15) is 6.61 Å². The third kappa shape index (κ3) is 4.37. The highest BCUT2D eigenvalue weighted by Crippen LogP contribution is 2.17. The van der Waals surface area contributed by atoms with E-state index in [2.05, 4.69) is 5.32 Å². The van der Waals surface area contributed by atoms with E-state index in [0.29, 0.717) is 0 Å². The molecule has 5 nitrogen and oxygen atoms in total. The van der Waals surface area contributed by atoms with Crippen molar-refractivity contribution in [2.24, 2.45) is 0 Å². The minimum atomic E-state index is -0.224. The van der Waals surface area contributed by atoms with Crippen LogP contribution in [0.3, 0.4) is 0 Å². The molecule has 0 aromatic heterocycles. The second-order valence-electron chi connectivity index (χ2n) is 4.48. The molecule has 0 saturated heterocycles. The quantitative estimate of drug-likeness (QED) is 0.873. The zero-order valence-corrected chi connectivity index (χ0v) is 11.8. The zero-order chi connectivity index (χ0) is 14.4. The molecule has 19 heavy (non-hydrogen) atoms. The summed E-state index contributed by atoms with van der Waals surface area (Å²) in [4.78, 5) is 24.7. The maximum Gasteiger partial charge on any atom is 0.248 e. The number of rotatable bonds is 5. The maximum absolute atomic E-state index is 11.8. The van der Waals surface area contributed by atoms with E-state index < -0.39 is 0 Å². The molecule has 1 N–H and O–H groups in total. The Morgan fingerprint density at radius 3 is 2.63 bits per heavy atom. The lowest BCUT2D eigenvalue weighted by atomic mass is 10.1. The number of anilines is 1. The first-order valence-electron chi connectivity index (χ1n) is 6.04. The summed E-state index contributed by atoms with van der Waals surface area (Å²) in [7, 11) is 3.02. The minimum absolute atomic E-state index is 0.00950. The van der Waals surface area contributed by atoms with Gasteiger partial charge in [-0.2, -0.15) is 0 Å². The van der Waals surface area contributed by atoms with Crippen LogP contribution >= 0.6 is 0 Å². The Balaban J connectivity index is 2.60. The van der Waals surface area contributed by atoms with Crippen LogP contribution in [0.1, 0.15) is 11.1 Å². The van der Waals surface area contributed by atoms with Gasteiger partial charge in [0.25, 0.3) is 0 Å². The molecule has 0 aliphatic rings. The monoisotopic (exact) mass is 264 g/mol. The van der Waals surface area contributed by atoms with Crippen LogP contribution in [0.5, 0.6) is 0 Å². The Kier molecular flexibility index (Phi) is 5.51. The molecule has 0 bridgehead atoms. The van der Waals surface area contributed by atoms with E-state index in [-0.39, 0.29) is 25.0 Å². The van der Waals surface area contributed by atoms with E-state index >= 15 is 0 Å². The summed E-state index contributed by atoms with van der Waals surface area (Å²) in [6, 6.07) is 5.72. The third-order valence-electron chi connectivity index (χ3n) is 2.95. The molecule has 1 aromatic carbocycles. The molecule has 0 radical (unpaired) electrons. The van der Waals surface area contributed by atoms with Crippen molar-refractivity contribution in [1.82, 2.24) is 4.90 Å². The van der Waals surface area contributed by atoms with E-state index in [4.69, 9.17) is 4.74 Å². The van der Waals surface area contributed by atoms with Crippen molar-refractivity contribution in [3.63, 3.8) is 0 Å². The first kappa shape index (κ1) is 15.2. The molecule has 1 aromatic rings. The Morgan fingerprint density at radius 2 is 2.00 bits per heavy atom. The van der Waals surface area contributed by atoms with Crippen LogP contribution in [0.25, 0.3) is 0 Å². The fourth-order valence-electron chi connectivity index (χ4n) is 1.61. The Hall–Kier alpha value is -1.88. The number of carbonyl (C=O) groups is 2. The van der Waals surface area contributed by atoms with Gasteiger partial charge in [0.05, 0.1) is 6.54 Å². The van der Waals surface area contributed by atoms with Crippen LogP contribution in [0, 0.1) is 13.8 Å². The summed E-state index contributed by atoms with van der Waals surface area (Å²) in [6.45, 7) is 3.92. The summed E-state index contributed by atoms with van der Waals surface area (Å²) < 4.78 is 4.74. The number of ether oxygens (including phenoxy) is 1. The van der Waals surface area contributed by atoms with Crippen LogP contribution in [0.15, 0.2) is 18.2 Å². The highest BCUT2D eigenvalue weighted by atomic mass is 16.5. The van der Waals surface area contributed by atoms with Crippen molar-refractivity contribution in [1.29, 1.82) is 0 Å². The number of nitrogens with one attached hydrogen (secondary N) is 1. The summed E-state index contributed by atoms with van der Waals surface area (Å²) in [5, 5.41) is 2.81. The van der Waals surface area contributed by atoms with Crippen molar-refractivity contribution in [3.8, 4) is 0 Å². The van der Waals surface area contributed by atoms with Crippen molar-refractivity contribution in [2.45, 2.75) is 13.8 Å². The van der Waals surface area contributed by atoms with Crippen LogP contribution in [-0.4, -0.2) is 44.0 Å². The Bertz CT molecular complexity index is 472. The predicted molar refractivity (Wildman–Crippen MR) is 74.1 cm³/mol. The van der Waals surface area contributed by atoms with Gasteiger partial charge in [-0.3, -0.25) is 9.59 Å². The number of amides is 2.